The zero-order valence-electron chi connectivity index (χ0n) is 36.7. The van der Waals surface area contributed by atoms with Crippen molar-refractivity contribution in [2.75, 3.05) is 20.2 Å². The minimum atomic E-state index is -4.72. The van der Waals surface area contributed by atoms with Gasteiger partial charge in [0.25, 0.3) is 5.67 Å². The molecule has 2 aromatic rings. The Kier molecular flexibility index (Phi) is 14.7. The number of halogens is 4. The number of carbonyl (C=O) groups excluding carboxylic acids is 4. The number of aromatic nitrogens is 2. The van der Waals surface area contributed by atoms with Crippen LogP contribution in [0.3, 0.4) is 0 Å². The standard InChI is InChI=1S/C43H62F4N4O10/c1-11-30-42(9)33(51(39(56)61-42)20-16-15-19-50-29-18-14-13-17-27(29)49-37(50)43(45,46)47)25(5)31(52)23(3)22-40(7,57-10)35(26(6)34(54)41(8,44)38(55)59-30)60-36-32(53)28(48-12-2)21-24(4)58-36/h13-14,17-18,23-26,28,30,32-33,35-36,48,53H,11-12,15-16,19-22H2,1-10H3/t23-,24-,25+,26-,28+,30-,32+,33?,35-,36+,40-,41+,42-/m1/s1. The number of aliphatic hydroxyl groups excluding tert-OH is 1. The summed E-state index contributed by atoms with van der Waals surface area (Å²) in [4.78, 5) is 61.8. The fourth-order valence-electron chi connectivity index (χ4n) is 9.76. The number of carbonyl (C=O) groups is 4. The van der Waals surface area contributed by atoms with Gasteiger partial charge < -0.3 is 43.6 Å². The van der Waals surface area contributed by atoms with Crippen LogP contribution in [0.15, 0.2) is 24.3 Å². The van der Waals surface area contributed by atoms with Gasteiger partial charge in [0.05, 0.1) is 34.9 Å². The summed E-state index contributed by atoms with van der Waals surface area (Å²) in [6.45, 7) is 14.2. The number of fused-ring (bicyclic) bond motifs is 2. The Morgan fingerprint density at radius 3 is 2.28 bits per heavy atom. The number of unbranched alkanes of at least 4 members (excludes halogenated alkanes) is 1. The lowest BCUT2D eigenvalue weighted by molar-refractivity contribution is -0.290. The van der Waals surface area contributed by atoms with Gasteiger partial charge in [-0.25, -0.2) is 19.0 Å². The number of Topliss-reactive ketones (excluding diaryl/α,β-unsaturated/α-hetero) is 2. The number of hydrogen-bond donors (Lipinski definition) is 2. The Balaban J connectivity index is 1.49. The maximum absolute atomic E-state index is 16.9. The average Bonchev–Trinajstić information content (AvgIpc) is 3.71. The number of benzene rings is 1. The van der Waals surface area contributed by atoms with E-state index in [-0.39, 0.29) is 56.2 Å². The minimum absolute atomic E-state index is 0.0143. The Bertz CT molecular complexity index is 1910. The summed E-state index contributed by atoms with van der Waals surface area (Å²) in [6, 6.07) is 4.70. The lowest BCUT2D eigenvalue weighted by atomic mass is 9.73. The molecule has 0 saturated carbocycles. The number of amides is 1. The maximum atomic E-state index is 16.9. The second-order valence-electron chi connectivity index (χ2n) is 17.5. The van der Waals surface area contributed by atoms with Crippen LogP contribution in [-0.2, 0) is 50.8 Å². The number of aryl methyl sites for hydroxylation is 1. The molecule has 18 heteroatoms. The number of ether oxygens (including phenoxy) is 5. The van der Waals surface area contributed by atoms with Gasteiger partial charge in [-0.05, 0) is 78.5 Å². The second kappa shape index (κ2) is 18.6. The highest BCUT2D eigenvalue weighted by Crippen LogP contribution is 2.44. The number of imidazole rings is 1. The topological polar surface area (TPSA) is 168 Å². The molecule has 13 atom stereocenters. The summed E-state index contributed by atoms with van der Waals surface area (Å²) in [5.41, 5.74) is -6.04. The zero-order valence-corrected chi connectivity index (χ0v) is 36.7. The highest BCUT2D eigenvalue weighted by Gasteiger charge is 2.61. The number of aliphatic hydroxyl groups is 1. The molecule has 5 rings (SSSR count). The van der Waals surface area contributed by atoms with E-state index in [2.05, 4.69) is 10.3 Å². The molecule has 1 aromatic heterocycles. The van der Waals surface area contributed by atoms with Crippen LogP contribution in [0.4, 0.5) is 22.4 Å². The normalized spacial score (nSPS) is 37.1. The molecule has 0 spiro atoms. The minimum Gasteiger partial charge on any atom is -0.455 e. The smallest absolute Gasteiger partial charge is 0.449 e. The molecule has 2 N–H and O–H groups in total. The number of nitrogens with zero attached hydrogens (tertiary/aromatic N) is 3. The van der Waals surface area contributed by atoms with Gasteiger partial charge in [-0.2, -0.15) is 13.2 Å². The first-order valence-corrected chi connectivity index (χ1v) is 21.2. The molecular weight excluding hydrogens is 808 g/mol. The number of para-hydroxylation sites is 2. The van der Waals surface area contributed by atoms with E-state index in [1.807, 2.05) is 6.92 Å². The van der Waals surface area contributed by atoms with E-state index in [0.29, 0.717) is 18.5 Å². The largest absolute Gasteiger partial charge is 0.455 e. The molecule has 3 aliphatic rings. The lowest BCUT2D eigenvalue weighted by Crippen LogP contribution is -2.62. The van der Waals surface area contributed by atoms with E-state index < -0.39 is 101 Å². The van der Waals surface area contributed by atoms with E-state index in [0.717, 1.165) is 11.5 Å². The van der Waals surface area contributed by atoms with E-state index >= 15 is 4.39 Å². The van der Waals surface area contributed by atoms with Gasteiger partial charge in [0.1, 0.15) is 18.0 Å². The van der Waals surface area contributed by atoms with Gasteiger partial charge in [0.2, 0.25) is 5.82 Å². The average molecular weight is 871 g/mol. The van der Waals surface area contributed by atoms with E-state index in [1.165, 1.54) is 31.9 Å². The number of nitrogens with one attached hydrogen (secondary N) is 1. The highest BCUT2D eigenvalue weighted by atomic mass is 19.4. The number of cyclic esters (lactones) is 1. The maximum Gasteiger partial charge on any atom is 0.449 e. The fourth-order valence-corrected chi connectivity index (χ4v) is 9.76. The Morgan fingerprint density at radius 1 is 1.00 bits per heavy atom. The Morgan fingerprint density at radius 2 is 1.66 bits per heavy atom. The zero-order chi connectivity index (χ0) is 45.4. The van der Waals surface area contributed by atoms with Gasteiger partial charge in [0.15, 0.2) is 17.7 Å². The van der Waals surface area contributed by atoms with Crippen molar-refractivity contribution in [3.05, 3.63) is 30.1 Å². The van der Waals surface area contributed by atoms with Crippen LogP contribution >= 0.6 is 0 Å². The van der Waals surface area contributed by atoms with Crippen LogP contribution in [0, 0.1) is 17.8 Å². The molecule has 61 heavy (non-hydrogen) atoms. The van der Waals surface area contributed by atoms with Crippen molar-refractivity contribution in [2.45, 2.75) is 167 Å². The molecule has 4 heterocycles. The van der Waals surface area contributed by atoms with Crippen molar-refractivity contribution >= 4 is 34.7 Å². The summed E-state index contributed by atoms with van der Waals surface area (Å²) in [5.74, 6) is -7.42. The summed E-state index contributed by atoms with van der Waals surface area (Å²) >= 11 is 0. The van der Waals surface area contributed by atoms with Crippen LogP contribution in [0.2, 0.25) is 0 Å². The molecule has 3 saturated heterocycles. The first kappa shape index (κ1) is 48.3. The molecule has 1 aromatic carbocycles. The number of esters is 1. The number of likely N-dealkylation sites (N-methyl/N-ethyl adjacent to an activating group) is 1. The van der Waals surface area contributed by atoms with Gasteiger partial charge in [-0.1, -0.05) is 46.8 Å². The molecule has 3 aliphatic heterocycles. The molecule has 3 fully saturated rings. The Labute approximate surface area is 354 Å². The molecule has 1 unspecified atom stereocenters. The second-order valence-corrected chi connectivity index (χ2v) is 17.5. The van der Waals surface area contributed by atoms with Crippen LogP contribution in [0.1, 0.15) is 100 Å². The third-order valence-electron chi connectivity index (χ3n) is 13.0. The van der Waals surface area contributed by atoms with Gasteiger partial charge in [0, 0.05) is 44.0 Å². The number of alkyl halides is 4. The van der Waals surface area contributed by atoms with Gasteiger partial charge >= 0.3 is 18.2 Å². The predicted molar refractivity (Wildman–Crippen MR) is 214 cm³/mol. The highest BCUT2D eigenvalue weighted by molar-refractivity contribution is 6.08. The van der Waals surface area contributed by atoms with E-state index in [1.54, 1.807) is 52.8 Å². The van der Waals surface area contributed by atoms with Gasteiger partial charge in [-0.3, -0.25) is 9.59 Å². The number of methoxy groups -OCH3 is 1. The molecule has 1 amide bonds. The van der Waals surface area contributed by atoms with Gasteiger partial charge in [-0.15, -0.1) is 0 Å². The molecule has 342 valence electrons. The SMILES string of the molecule is CCN[C@H]1C[C@@H](C)O[C@@H](O[C@@H]2[C@H](C)C(=O)[C@](C)(F)C(=O)O[C@H](CC)[C@@]3(C)OC(=O)N(CCCCn4c(C(F)(F)F)nc5ccccc54)C3[C@@H](C)C(=O)[C@H](C)C[C@@]2(C)OC)[C@H]1O. The van der Waals surface area contributed by atoms with Crippen LogP contribution in [0.5, 0.6) is 0 Å². The van der Waals surface area contributed by atoms with Crippen molar-refractivity contribution in [3.63, 3.8) is 0 Å². The summed E-state index contributed by atoms with van der Waals surface area (Å²) < 4.78 is 90.3. The molecule has 14 nitrogen and oxygen atoms in total. The summed E-state index contributed by atoms with van der Waals surface area (Å²) in [5, 5.41) is 14.6. The van der Waals surface area contributed by atoms with Crippen LogP contribution in [-0.4, -0.2) is 123 Å². The quantitative estimate of drug-likeness (QED) is 0.114. The van der Waals surface area contributed by atoms with Crippen molar-refractivity contribution < 1.29 is 65.5 Å². The van der Waals surface area contributed by atoms with Crippen molar-refractivity contribution in [2.24, 2.45) is 17.8 Å². The lowest BCUT2D eigenvalue weighted by Gasteiger charge is -2.46. The van der Waals surface area contributed by atoms with Crippen molar-refractivity contribution in [1.29, 1.82) is 0 Å². The first-order valence-electron chi connectivity index (χ1n) is 21.2. The van der Waals surface area contributed by atoms with E-state index in [4.69, 9.17) is 23.7 Å². The summed E-state index contributed by atoms with van der Waals surface area (Å²) in [7, 11) is 1.35. The molecule has 0 radical (unpaired) electrons. The molecule has 0 bridgehead atoms. The number of rotatable bonds is 11. The van der Waals surface area contributed by atoms with Crippen LogP contribution < -0.4 is 5.32 Å². The number of ketones is 2. The third-order valence-corrected chi connectivity index (χ3v) is 13.0. The molecule has 0 aliphatic carbocycles. The monoisotopic (exact) mass is 870 g/mol. The third kappa shape index (κ3) is 9.48. The number of hydrogen-bond acceptors (Lipinski definition) is 12. The fraction of sp³-hybridized carbons (Fsp3) is 0.744. The molecular formula is C43H62F4N4O10. The first-order chi connectivity index (χ1) is 28.5. The van der Waals surface area contributed by atoms with Crippen molar-refractivity contribution in [3.8, 4) is 0 Å². The van der Waals surface area contributed by atoms with Crippen molar-refractivity contribution in [1.82, 2.24) is 19.8 Å². The van der Waals surface area contributed by atoms with Crippen LogP contribution in [0.25, 0.3) is 11.0 Å². The predicted octanol–water partition coefficient (Wildman–Crippen LogP) is 6.18. The summed E-state index contributed by atoms with van der Waals surface area (Å²) in [6.07, 6.45) is -10.5. The Hall–Kier alpha value is -3.71. The van der Waals surface area contributed by atoms with E-state index in [9.17, 15) is 37.5 Å².